The minimum absolute atomic E-state index is 0.0596. The molecule has 2 rings (SSSR count). The van der Waals surface area contributed by atoms with E-state index in [2.05, 4.69) is 5.32 Å². The van der Waals surface area contributed by atoms with Crippen LogP contribution in [0.15, 0.2) is 0 Å². The number of carboxylic acid groups (broad SMARTS) is 1. The van der Waals surface area contributed by atoms with Gasteiger partial charge in [-0.1, -0.05) is 25.7 Å². The largest absolute Gasteiger partial charge is 0.481 e. The molecule has 2 aliphatic rings. The van der Waals surface area contributed by atoms with Crippen molar-refractivity contribution < 1.29 is 14.7 Å². The van der Waals surface area contributed by atoms with Gasteiger partial charge >= 0.3 is 12.0 Å². The molecule has 5 nitrogen and oxygen atoms in total. The lowest BCUT2D eigenvalue weighted by Gasteiger charge is -2.26. The minimum Gasteiger partial charge on any atom is -0.481 e. The molecule has 0 bridgehead atoms. The summed E-state index contributed by atoms with van der Waals surface area (Å²) < 4.78 is 0. The first-order valence-electron chi connectivity index (χ1n) is 7.46. The van der Waals surface area contributed by atoms with Gasteiger partial charge in [0.25, 0.3) is 0 Å². The summed E-state index contributed by atoms with van der Waals surface area (Å²) in [6.07, 6.45) is 8.80. The van der Waals surface area contributed by atoms with Crippen molar-refractivity contribution >= 4 is 12.0 Å². The van der Waals surface area contributed by atoms with Gasteiger partial charge in [-0.15, -0.1) is 0 Å². The lowest BCUT2D eigenvalue weighted by molar-refractivity contribution is -0.137. The van der Waals surface area contributed by atoms with Gasteiger partial charge in [-0.25, -0.2) is 4.79 Å². The molecule has 1 aliphatic carbocycles. The zero-order valence-electron chi connectivity index (χ0n) is 11.4. The average Bonchev–Trinajstić information content (AvgIpc) is 2.65. The summed E-state index contributed by atoms with van der Waals surface area (Å²) in [4.78, 5) is 24.8. The molecule has 0 spiro atoms. The van der Waals surface area contributed by atoms with E-state index in [9.17, 15) is 9.59 Å². The lowest BCUT2D eigenvalue weighted by atomic mass is 10.1. The normalized spacial score (nSPS) is 25.1. The van der Waals surface area contributed by atoms with Crippen molar-refractivity contribution in [1.29, 1.82) is 0 Å². The van der Waals surface area contributed by atoms with Crippen LogP contribution in [0, 0.1) is 0 Å². The average molecular weight is 268 g/mol. The molecule has 2 N–H and O–H groups in total. The second-order valence-corrected chi connectivity index (χ2v) is 5.73. The molecule has 2 amide bonds. The van der Waals surface area contributed by atoms with E-state index < -0.39 is 5.97 Å². The summed E-state index contributed by atoms with van der Waals surface area (Å²) in [5, 5.41) is 12.0. The van der Waals surface area contributed by atoms with Crippen LogP contribution in [0.1, 0.15) is 57.8 Å². The van der Waals surface area contributed by atoms with Crippen LogP contribution in [-0.4, -0.2) is 40.6 Å². The highest BCUT2D eigenvalue weighted by molar-refractivity contribution is 5.76. The van der Waals surface area contributed by atoms with Gasteiger partial charge in [-0.05, 0) is 25.7 Å². The topological polar surface area (TPSA) is 69.6 Å². The van der Waals surface area contributed by atoms with Crippen molar-refractivity contribution in [2.24, 2.45) is 0 Å². The Labute approximate surface area is 114 Å². The molecule has 1 heterocycles. The van der Waals surface area contributed by atoms with Crippen LogP contribution >= 0.6 is 0 Å². The molecular formula is C14H24N2O3. The number of carboxylic acids is 1. The number of nitrogens with one attached hydrogen (secondary N) is 1. The number of rotatable bonds is 3. The SMILES string of the molecule is O=C(O)CC1CCCN1C(=O)NC1CCCCCC1. The second kappa shape index (κ2) is 6.78. The van der Waals surface area contributed by atoms with E-state index >= 15 is 0 Å². The lowest BCUT2D eigenvalue weighted by Crippen LogP contribution is -2.47. The molecule has 1 aliphatic heterocycles. The third kappa shape index (κ3) is 4.11. The van der Waals surface area contributed by atoms with E-state index in [1.165, 1.54) is 25.7 Å². The fourth-order valence-corrected chi connectivity index (χ4v) is 3.20. The summed E-state index contributed by atoms with van der Waals surface area (Å²) >= 11 is 0. The van der Waals surface area contributed by atoms with Gasteiger partial charge in [0.1, 0.15) is 0 Å². The summed E-state index contributed by atoms with van der Waals surface area (Å²) in [5.74, 6) is -0.820. The van der Waals surface area contributed by atoms with Crippen molar-refractivity contribution in [3.63, 3.8) is 0 Å². The van der Waals surface area contributed by atoms with E-state index in [4.69, 9.17) is 5.11 Å². The van der Waals surface area contributed by atoms with Gasteiger partial charge in [0.05, 0.1) is 6.42 Å². The van der Waals surface area contributed by atoms with Crippen molar-refractivity contribution in [3.8, 4) is 0 Å². The zero-order valence-corrected chi connectivity index (χ0v) is 11.4. The van der Waals surface area contributed by atoms with Crippen LogP contribution in [0.5, 0.6) is 0 Å². The maximum absolute atomic E-state index is 12.2. The van der Waals surface area contributed by atoms with Crippen LogP contribution in [0.3, 0.4) is 0 Å². The fraction of sp³-hybridized carbons (Fsp3) is 0.857. The van der Waals surface area contributed by atoms with Gasteiger partial charge in [-0.2, -0.15) is 0 Å². The highest BCUT2D eigenvalue weighted by Crippen LogP contribution is 2.22. The van der Waals surface area contributed by atoms with E-state index in [1.807, 2.05) is 0 Å². The number of amides is 2. The molecule has 0 aromatic rings. The zero-order chi connectivity index (χ0) is 13.7. The van der Waals surface area contributed by atoms with E-state index in [0.717, 1.165) is 25.7 Å². The third-order valence-electron chi connectivity index (χ3n) is 4.23. The highest BCUT2D eigenvalue weighted by Gasteiger charge is 2.31. The van der Waals surface area contributed by atoms with Crippen LogP contribution in [0.4, 0.5) is 4.79 Å². The number of hydrogen-bond donors (Lipinski definition) is 2. The maximum Gasteiger partial charge on any atom is 0.317 e. The second-order valence-electron chi connectivity index (χ2n) is 5.73. The Morgan fingerprint density at radius 3 is 2.37 bits per heavy atom. The molecular weight excluding hydrogens is 244 g/mol. The summed E-state index contributed by atoms with van der Waals surface area (Å²) in [7, 11) is 0. The molecule has 108 valence electrons. The van der Waals surface area contributed by atoms with Crippen LogP contribution < -0.4 is 5.32 Å². The molecule has 5 heteroatoms. The Kier molecular flexibility index (Phi) is 5.05. The molecule has 1 saturated heterocycles. The number of likely N-dealkylation sites (tertiary alicyclic amines) is 1. The molecule has 1 saturated carbocycles. The maximum atomic E-state index is 12.2. The van der Waals surface area contributed by atoms with Crippen molar-refractivity contribution in [2.75, 3.05) is 6.54 Å². The first-order valence-corrected chi connectivity index (χ1v) is 7.46. The molecule has 0 radical (unpaired) electrons. The predicted molar refractivity (Wildman–Crippen MR) is 72.0 cm³/mol. The van der Waals surface area contributed by atoms with Crippen molar-refractivity contribution in [2.45, 2.75) is 69.9 Å². The van der Waals surface area contributed by atoms with Crippen molar-refractivity contribution in [1.82, 2.24) is 10.2 Å². The van der Waals surface area contributed by atoms with Gasteiger partial charge in [0.15, 0.2) is 0 Å². The molecule has 0 aromatic heterocycles. The quantitative estimate of drug-likeness (QED) is 0.772. The number of urea groups is 1. The predicted octanol–water partition coefficient (Wildman–Crippen LogP) is 2.36. The highest BCUT2D eigenvalue weighted by atomic mass is 16.4. The summed E-state index contributed by atoms with van der Waals surface area (Å²) in [6.45, 7) is 0.691. The Morgan fingerprint density at radius 2 is 1.74 bits per heavy atom. The van der Waals surface area contributed by atoms with Crippen LogP contribution in [0.25, 0.3) is 0 Å². The first-order chi connectivity index (χ1) is 9.16. The number of nitrogens with zero attached hydrogens (tertiary/aromatic N) is 1. The van der Waals surface area contributed by atoms with Crippen molar-refractivity contribution in [3.05, 3.63) is 0 Å². The molecule has 1 unspecified atom stereocenters. The molecule has 0 aromatic carbocycles. The van der Waals surface area contributed by atoms with Crippen LogP contribution in [-0.2, 0) is 4.79 Å². The molecule has 1 atom stereocenters. The smallest absolute Gasteiger partial charge is 0.317 e. The number of carbonyl (C=O) groups excluding carboxylic acids is 1. The summed E-state index contributed by atoms with van der Waals surface area (Å²) in [5.41, 5.74) is 0. The Balaban J connectivity index is 1.85. The first kappa shape index (κ1) is 14.2. The Morgan fingerprint density at radius 1 is 1.05 bits per heavy atom. The number of hydrogen-bond acceptors (Lipinski definition) is 2. The molecule has 19 heavy (non-hydrogen) atoms. The minimum atomic E-state index is -0.820. The monoisotopic (exact) mass is 268 g/mol. The van der Waals surface area contributed by atoms with Gasteiger partial charge in [-0.3, -0.25) is 4.79 Å². The van der Waals surface area contributed by atoms with Gasteiger partial charge in [0, 0.05) is 18.6 Å². The molecule has 2 fully saturated rings. The fourth-order valence-electron chi connectivity index (χ4n) is 3.20. The number of aliphatic carboxylic acids is 1. The van der Waals surface area contributed by atoms with E-state index in [-0.39, 0.29) is 24.5 Å². The van der Waals surface area contributed by atoms with E-state index in [1.54, 1.807) is 4.90 Å². The standard InChI is InChI=1S/C14H24N2O3/c17-13(18)10-12-8-5-9-16(12)14(19)15-11-6-3-1-2-4-7-11/h11-12H,1-10H2,(H,15,19)(H,17,18). The Hall–Kier alpha value is -1.26. The van der Waals surface area contributed by atoms with Gasteiger partial charge in [0.2, 0.25) is 0 Å². The number of carbonyl (C=O) groups is 2. The van der Waals surface area contributed by atoms with E-state index in [0.29, 0.717) is 6.54 Å². The Bertz CT molecular complexity index is 325. The third-order valence-corrected chi connectivity index (χ3v) is 4.23. The van der Waals surface area contributed by atoms with Crippen LogP contribution in [0.2, 0.25) is 0 Å². The summed E-state index contributed by atoms with van der Waals surface area (Å²) in [6, 6.07) is 0.0972. The van der Waals surface area contributed by atoms with Gasteiger partial charge < -0.3 is 15.3 Å².